The van der Waals surface area contributed by atoms with Crippen molar-refractivity contribution in [1.82, 2.24) is 5.32 Å². The van der Waals surface area contributed by atoms with Gasteiger partial charge in [0.1, 0.15) is 0 Å². The monoisotopic (exact) mass is 215 g/mol. The fourth-order valence-corrected chi connectivity index (χ4v) is 1.69. The summed E-state index contributed by atoms with van der Waals surface area (Å²) < 4.78 is 0. The molecule has 1 saturated heterocycles. The molecule has 1 fully saturated rings. The second-order valence-corrected chi connectivity index (χ2v) is 3.81. The standard InChI is InChI=1S/C13H13NO2/c15-12(11-7-9-13(16)14-11)8-6-10-4-2-1-3-5-10/h1-6,8,11H,7,9H2,(H,14,16)/b8-6+. The van der Waals surface area contributed by atoms with Crippen LogP contribution in [0.4, 0.5) is 0 Å². The first kappa shape index (κ1) is 10.6. The molecule has 1 atom stereocenters. The highest BCUT2D eigenvalue weighted by Gasteiger charge is 2.25. The number of hydrogen-bond donors (Lipinski definition) is 1. The van der Waals surface area contributed by atoms with Crippen LogP contribution in [0.5, 0.6) is 0 Å². The van der Waals surface area contributed by atoms with E-state index >= 15 is 0 Å². The SMILES string of the molecule is O=C1CCC(C(=O)/C=C/c2ccccc2)N1. The average Bonchev–Trinajstić information content (AvgIpc) is 2.74. The summed E-state index contributed by atoms with van der Waals surface area (Å²) in [6.07, 6.45) is 4.37. The summed E-state index contributed by atoms with van der Waals surface area (Å²) in [5.41, 5.74) is 0.986. The van der Waals surface area contributed by atoms with Crippen molar-refractivity contribution in [3.05, 3.63) is 42.0 Å². The van der Waals surface area contributed by atoms with Crippen LogP contribution in [0, 0.1) is 0 Å². The van der Waals surface area contributed by atoms with Gasteiger partial charge in [-0.25, -0.2) is 0 Å². The molecule has 0 spiro atoms. The highest BCUT2D eigenvalue weighted by atomic mass is 16.2. The Hall–Kier alpha value is -1.90. The molecular formula is C13H13NO2. The minimum Gasteiger partial charge on any atom is -0.346 e. The van der Waals surface area contributed by atoms with E-state index in [0.29, 0.717) is 12.8 Å². The van der Waals surface area contributed by atoms with E-state index in [9.17, 15) is 9.59 Å². The Balaban J connectivity index is 1.97. The van der Waals surface area contributed by atoms with E-state index in [1.54, 1.807) is 6.08 Å². The Morgan fingerprint density at radius 3 is 2.69 bits per heavy atom. The Morgan fingerprint density at radius 2 is 2.06 bits per heavy atom. The van der Waals surface area contributed by atoms with Gasteiger partial charge in [-0.2, -0.15) is 0 Å². The largest absolute Gasteiger partial charge is 0.346 e. The van der Waals surface area contributed by atoms with Crippen LogP contribution < -0.4 is 5.32 Å². The molecule has 1 amide bonds. The zero-order chi connectivity index (χ0) is 11.4. The number of nitrogens with one attached hydrogen (secondary N) is 1. The van der Waals surface area contributed by atoms with Crippen molar-refractivity contribution in [1.29, 1.82) is 0 Å². The Kier molecular flexibility index (Phi) is 3.15. The van der Waals surface area contributed by atoms with Gasteiger partial charge >= 0.3 is 0 Å². The molecular weight excluding hydrogens is 202 g/mol. The summed E-state index contributed by atoms with van der Waals surface area (Å²) in [5.74, 6) is -0.0684. The first-order chi connectivity index (χ1) is 7.75. The van der Waals surface area contributed by atoms with Crippen molar-refractivity contribution in [2.24, 2.45) is 0 Å². The summed E-state index contributed by atoms with van der Waals surface area (Å²) in [6.45, 7) is 0. The van der Waals surface area contributed by atoms with Crippen LogP contribution in [0.2, 0.25) is 0 Å². The van der Waals surface area contributed by atoms with Gasteiger partial charge in [0, 0.05) is 6.42 Å². The molecule has 3 nitrogen and oxygen atoms in total. The molecule has 3 heteroatoms. The zero-order valence-electron chi connectivity index (χ0n) is 8.85. The average molecular weight is 215 g/mol. The third kappa shape index (κ3) is 2.57. The normalized spacial score (nSPS) is 20.0. The molecule has 1 heterocycles. The second kappa shape index (κ2) is 4.75. The van der Waals surface area contributed by atoms with Gasteiger partial charge in [-0.15, -0.1) is 0 Å². The van der Waals surface area contributed by atoms with E-state index in [1.165, 1.54) is 6.08 Å². The molecule has 0 aromatic heterocycles. The van der Waals surface area contributed by atoms with Crippen molar-refractivity contribution in [2.75, 3.05) is 0 Å². The van der Waals surface area contributed by atoms with Gasteiger partial charge in [0.2, 0.25) is 5.91 Å². The molecule has 1 aromatic rings. The highest BCUT2D eigenvalue weighted by Crippen LogP contribution is 2.09. The lowest BCUT2D eigenvalue weighted by molar-refractivity contribution is -0.122. The molecule has 82 valence electrons. The van der Waals surface area contributed by atoms with Crippen molar-refractivity contribution in [3.8, 4) is 0 Å². The summed E-state index contributed by atoms with van der Waals surface area (Å²) in [7, 11) is 0. The summed E-state index contributed by atoms with van der Waals surface area (Å²) in [4.78, 5) is 22.6. The van der Waals surface area contributed by atoms with Crippen molar-refractivity contribution < 1.29 is 9.59 Å². The molecule has 1 aliphatic heterocycles. The number of rotatable bonds is 3. The quantitative estimate of drug-likeness (QED) is 0.777. The molecule has 1 unspecified atom stereocenters. The smallest absolute Gasteiger partial charge is 0.220 e. The first-order valence-electron chi connectivity index (χ1n) is 5.32. The third-order valence-corrected chi connectivity index (χ3v) is 2.58. The van der Waals surface area contributed by atoms with Crippen molar-refractivity contribution in [3.63, 3.8) is 0 Å². The third-order valence-electron chi connectivity index (χ3n) is 2.58. The van der Waals surface area contributed by atoms with Gasteiger partial charge in [-0.1, -0.05) is 36.4 Å². The van der Waals surface area contributed by atoms with Crippen LogP contribution >= 0.6 is 0 Å². The number of hydrogen-bond acceptors (Lipinski definition) is 2. The number of ketones is 1. The van der Waals surface area contributed by atoms with Crippen LogP contribution in [-0.2, 0) is 9.59 Å². The van der Waals surface area contributed by atoms with Gasteiger partial charge in [0.05, 0.1) is 6.04 Å². The molecule has 16 heavy (non-hydrogen) atoms. The van der Waals surface area contributed by atoms with Crippen molar-refractivity contribution in [2.45, 2.75) is 18.9 Å². The Bertz CT molecular complexity index is 423. The summed E-state index contributed by atoms with van der Waals surface area (Å²) in [6, 6.07) is 9.29. The van der Waals surface area contributed by atoms with Gasteiger partial charge < -0.3 is 5.32 Å². The Morgan fingerprint density at radius 1 is 1.31 bits per heavy atom. The molecule has 0 saturated carbocycles. The molecule has 1 N–H and O–H groups in total. The predicted molar refractivity (Wildman–Crippen MR) is 61.6 cm³/mol. The van der Waals surface area contributed by atoms with Crippen LogP contribution in [0.3, 0.4) is 0 Å². The maximum atomic E-state index is 11.7. The Labute approximate surface area is 94.2 Å². The minimum atomic E-state index is -0.326. The van der Waals surface area contributed by atoms with Crippen LogP contribution in [0.15, 0.2) is 36.4 Å². The highest BCUT2D eigenvalue weighted by molar-refractivity contribution is 6.01. The number of carbonyl (C=O) groups is 2. The van der Waals surface area contributed by atoms with E-state index in [-0.39, 0.29) is 17.7 Å². The molecule has 0 aliphatic carbocycles. The molecule has 1 aliphatic rings. The van der Waals surface area contributed by atoms with E-state index < -0.39 is 0 Å². The first-order valence-corrected chi connectivity index (χ1v) is 5.32. The van der Waals surface area contributed by atoms with Crippen LogP contribution in [0.25, 0.3) is 6.08 Å². The van der Waals surface area contributed by atoms with Gasteiger partial charge in [-0.05, 0) is 18.1 Å². The maximum absolute atomic E-state index is 11.7. The number of amides is 1. The maximum Gasteiger partial charge on any atom is 0.220 e. The molecule has 0 bridgehead atoms. The fraction of sp³-hybridized carbons (Fsp3) is 0.231. The summed E-state index contributed by atoms with van der Waals surface area (Å²) in [5, 5.41) is 2.65. The lowest BCUT2D eigenvalue weighted by Crippen LogP contribution is -2.31. The number of carbonyl (C=O) groups excluding carboxylic acids is 2. The van der Waals surface area contributed by atoms with Crippen LogP contribution in [-0.4, -0.2) is 17.7 Å². The van der Waals surface area contributed by atoms with Gasteiger partial charge in [0.25, 0.3) is 0 Å². The summed E-state index contributed by atoms with van der Waals surface area (Å²) >= 11 is 0. The predicted octanol–water partition coefficient (Wildman–Crippen LogP) is 1.55. The van der Waals surface area contributed by atoms with E-state index in [0.717, 1.165) is 5.56 Å². The van der Waals surface area contributed by atoms with Crippen molar-refractivity contribution >= 4 is 17.8 Å². The topological polar surface area (TPSA) is 46.2 Å². The fourth-order valence-electron chi connectivity index (χ4n) is 1.69. The lowest BCUT2D eigenvalue weighted by atomic mass is 10.1. The lowest BCUT2D eigenvalue weighted by Gasteiger charge is -2.03. The molecule has 2 rings (SSSR count). The van der Waals surface area contributed by atoms with E-state index in [4.69, 9.17) is 0 Å². The van der Waals surface area contributed by atoms with E-state index in [1.807, 2.05) is 30.3 Å². The number of benzene rings is 1. The zero-order valence-corrected chi connectivity index (χ0v) is 8.85. The van der Waals surface area contributed by atoms with Gasteiger partial charge in [0.15, 0.2) is 5.78 Å². The van der Waals surface area contributed by atoms with E-state index in [2.05, 4.69) is 5.32 Å². The molecule has 1 aromatic carbocycles. The minimum absolute atomic E-state index is 0.0327. The van der Waals surface area contributed by atoms with Gasteiger partial charge in [-0.3, -0.25) is 9.59 Å². The van der Waals surface area contributed by atoms with Crippen LogP contribution in [0.1, 0.15) is 18.4 Å². The second-order valence-electron chi connectivity index (χ2n) is 3.81. The molecule has 0 radical (unpaired) electrons.